The number of nitrogens with zero attached hydrogens (tertiary/aromatic N) is 3. The summed E-state index contributed by atoms with van der Waals surface area (Å²) in [6.07, 6.45) is 0.0243. The third-order valence-corrected chi connectivity index (χ3v) is 5.98. The lowest BCUT2D eigenvalue weighted by Gasteiger charge is -2.32. The van der Waals surface area contributed by atoms with Crippen LogP contribution >= 0.6 is 0 Å². The van der Waals surface area contributed by atoms with Gasteiger partial charge in [-0.15, -0.1) is 0 Å². The first-order chi connectivity index (χ1) is 14.7. The number of unbranched alkanes of at least 4 members (excludes halogenated alkanes) is 1. The van der Waals surface area contributed by atoms with E-state index in [0.29, 0.717) is 17.1 Å². The van der Waals surface area contributed by atoms with Gasteiger partial charge >= 0.3 is 6.18 Å². The molecule has 1 N–H and O–H groups in total. The minimum atomic E-state index is -4.42. The number of alkyl halides is 3. The van der Waals surface area contributed by atoms with Crippen LogP contribution in [0, 0.1) is 13.8 Å². The van der Waals surface area contributed by atoms with Gasteiger partial charge in [0.1, 0.15) is 0 Å². The van der Waals surface area contributed by atoms with Crippen LogP contribution in [0.2, 0.25) is 0 Å². The molecule has 0 spiro atoms. The molecule has 1 aromatic carbocycles. The fourth-order valence-electron chi connectivity index (χ4n) is 4.12. The van der Waals surface area contributed by atoms with Crippen molar-refractivity contribution in [2.45, 2.75) is 65.1 Å². The fraction of sp³-hybridized carbons (Fsp3) is 0.565. The zero-order valence-electron chi connectivity index (χ0n) is 18.4. The van der Waals surface area contributed by atoms with Crippen molar-refractivity contribution in [3.05, 3.63) is 46.8 Å². The summed E-state index contributed by atoms with van der Waals surface area (Å²) in [6.45, 7) is 8.87. The molecule has 3 rings (SSSR count). The number of aromatic nitrogens is 2. The fourth-order valence-corrected chi connectivity index (χ4v) is 4.12. The van der Waals surface area contributed by atoms with Crippen molar-refractivity contribution >= 4 is 5.91 Å². The molecule has 8 heteroatoms. The van der Waals surface area contributed by atoms with Gasteiger partial charge in [-0.05, 0) is 57.9 Å². The molecule has 170 valence electrons. The zero-order chi connectivity index (χ0) is 22.6. The molecule has 1 saturated heterocycles. The predicted octanol–water partition coefficient (Wildman–Crippen LogP) is 4.43. The lowest BCUT2D eigenvalue weighted by atomic mass is 10.0. The van der Waals surface area contributed by atoms with Gasteiger partial charge in [0.05, 0.1) is 23.4 Å². The number of carbonyl (C=O) groups excluding carboxylic acids is 1. The van der Waals surface area contributed by atoms with Gasteiger partial charge in [0, 0.05) is 30.4 Å². The Labute approximate surface area is 181 Å². The van der Waals surface area contributed by atoms with Crippen LogP contribution in [0.5, 0.6) is 0 Å². The van der Waals surface area contributed by atoms with Crippen molar-refractivity contribution in [3.63, 3.8) is 0 Å². The van der Waals surface area contributed by atoms with Crippen LogP contribution in [0.4, 0.5) is 13.2 Å². The summed E-state index contributed by atoms with van der Waals surface area (Å²) in [6, 6.07) is 5.25. The molecule has 31 heavy (non-hydrogen) atoms. The molecule has 2 aromatic rings. The van der Waals surface area contributed by atoms with E-state index in [1.165, 1.54) is 23.6 Å². The quantitative estimate of drug-likeness (QED) is 0.699. The number of halogens is 3. The van der Waals surface area contributed by atoms with Gasteiger partial charge in [-0.25, -0.2) is 4.68 Å². The van der Waals surface area contributed by atoms with Crippen molar-refractivity contribution in [2.75, 3.05) is 19.6 Å². The maximum absolute atomic E-state index is 13.1. The van der Waals surface area contributed by atoms with Crippen LogP contribution in [0.15, 0.2) is 24.3 Å². The molecular weight excluding hydrogens is 405 g/mol. The lowest BCUT2D eigenvalue weighted by molar-refractivity contribution is -0.137. The highest BCUT2D eigenvalue weighted by Gasteiger charge is 2.31. The van der Waals surface area contributed by atoms with E-state index in [1.54, 1.807) is 19.9 Å². The van der Waals surface area contributed by atoms with E-state index in [9.17, 15) is 18.0 Å². The molecule has 0 saturated carbocycles. The Balaban J connectivity index is 1.64. The van der Waals surface area contributed by atoms with Gasteiger partial charge < -0.3 is 10.2 Å². The normalized spacial score (nSPS) is 15.9. The zero-order valence-corrected chi connectivity index (χ0v) is 18.4. The van der Waals surface area contributed by atoms with Crippen LogP contribution in [0.3, 0.4) is 0 Å². The van der Waals surface area contributed by atoms with Crippen molar-refractivity contribution in [3.8, 4) is 5.69 Å². The van der Waals surface area contributed by atoms with E-state index in [-0.39, 0.29) is 18.4 Å². The average molecular weight is 437 g/mol. The van der Waals surface area contributed by atoms with E-state index >= 15 is 0 Å². The van der Waals surface area contributed by atoms with E-state index < -0.39 is 11.7 Å². The predicted molar refractivity (Wildman–Crippen MR) is 114 cm³/mol. The highest BCUT2D eigenvalue weighted by atomic mass is 19.4. The van der Waals surface area contributed by atoms with Gasteiger partial charge in [-0.2, -0.15) is 18.3 Å². The Bertz CT molecular complexity index is 899. The maximum atomic E-state index is 13.1. The second kappa shape index (κ2) is 9.85. The van der Waals surface area contributed by atoms with Gasteiger partial charge in [0.25, 0.3) is 0 Å². The Morgan fingerprint density at radius 3 is 2.58 bits per heavy atom. The maximum Gasteiger partial charge on any atom is 0.416 e. The smallest absolute Gasteiger partial charge is 0.353 e. The molecule has 0 bridgehead atoms. The molecule has 2 heterocycles. The van der Waals surface area contributed by atoms with E-state index in [2.05, 4.69) is 22.2 Å². The minimum absolute atomic E-state index is 0.0678. The third-order valence-electron chi connectivity index (χ3n) is 5.98. The summed E-state index contributed by atoms with van der Waals surface area (Å²) in [7, 11) is 0. The van der Waals surface area contributed by atoms with Crippen molar-refractivity contribution in [1.29, 1.82) is 0 Å². The first-order valence-electron chi connectivity index (χ1n) is 10.9. The van der Waals surface area contributed by atoms with E-state index in [4.69, 9.17) is 0 Å². The molecule has 0 radical (unpaired) electrons. The van der Waals surface area contributed by atoms with Crippen LogP contribution in [0.1, 0.15) is 55.1 Å². The van der Waals surface area contributed by atoms with Gasteiger partial charge in [0.15, 0.2) is 0 Å². The number of hydrogen-bond donors (Lipinski definition) is 1. The van der Waals surface area contributed by atoms with Crippen LogP contribution in [-0.2, 0) is 17.4 Å². The van der Waals surface area contributed by atoms with Gasteiger partial charge in [0.2, 0.25) is 5.91 Å². The highest BCUT2D eigenvalue weighted by Crippen LogP contribution is 2.31. The molecule has 1 aliphatic rings. The number of amides is 1. The summed E-state index contributed by atoms with van der Waals surface area (Å²) >= 11 is 0. The topological polar surface area (TPSA) is 50.2 Å². The SMILES string of the molecule is CCCCN1CCC(NC(=O)Cc2c(C)nn(-c3cccc(C(F)(F)F)c3)c2C)CC1. The van der Waals surface area contributed by atoms with Gasteiger partial charge in [-0.3, -0.25) is 4.79 Å². The standard InChI is InChI=1S/C23H31F3N4O/c1-4-5-11-29-12-9-19(10-13-29)27-22(31)15-21-16(2)28-30(17(21)3)20-8-6-7-18(14-20)23(24,25)26/h6-8,14,19H,4-5,9-13,15H2,1-3H3,(H,27,31). The molecule has 1 fully saturated rings. The third kappa shape index (κ3) is 5.87. The van der Waals surface area contributed by atoms with Crippen molar-refractivity contribution in [1.82, 2.24) is 20.0 Å². The monoisotopic (exact) mass is 436 g/mol. The molecular formula is C23H31F3N4O. The first-order valence-corrected chi connectivity index (χ1v) is 10.9. The Morgan fingerprint density at radius 2 is 1.94 bits per heavy atom. The van der Waals surface area contributed by atoms with Crippen molar-refractivity contribution < 1.29 is 18.0 Å². The number of rotatable bonds is 7. The molecule has 0 atom stereocenters. The number of nitrogens with one attached hydrogen (secondary N) is 1. The van der Waals surface area contributed by atoms with Crippen LogP contribution in [-0.4, -0.2) is 46.3 Å². The lowest BCUT2D eigenvalue weighted by Crippen LogP contribution is -2.45. The number of aryl methyl sites for hydroxylation is 1. The molecule has 0 unspecified atom stereocenters. The van der Waals surface area contributed by atoms with E-state index in [0.717, 1.165) is 50.2 Å². The Hall–Kier alpha value is -2.35. The minimum Gasteiger partial charge on any atom is -0.353 e. The number of piperidine rings is 1. The number of likely N-dealkylation sites (tertiary alicyclic amines) is 1. The van der Waals surface area contributed by atoms with Gasteiger partial charge in [-0.1, -0.05) is 19.4 Å². The summed E-state index contributed by atoms with van der Waals surface area (Å²) in [5.41, 5.74) is 1.71. The Morgan fingerprint density at radius 1 is 1.23 bits per heavy atom. The number of benzene rings is 1. The van der Waals surface area contributed by atoms with E-state index in [1.807, 2.05) is 0 Å². The summed E-state index contributed by atoms with van der Waals surface area (Å²) in [5.74, 6) is -0.0678. The molecule has 5 nitrogen and oxygen atoms in total. The Kier molecular flexibility index (Phi) is 7.41. The second-order valence-corrected chi connectivity index (χ2v) is 8.32. The van der Waals surface area contributed by atoms with Crippen LogP contribution in [0.25, 0.3) is 5.69 Å². The largest absolute Gasteiger partial charge is 0.416 e. The van der Waals surface area contributed by atoms with Crippen LogP contribution < -0.4 is 5.32 Å². The first kappa shape index (κ1) is 23.3. The summed E-state index contributed by atoms with van der Waals surface area (Å²) < 4.78 is 40.7. The number of carbonyl (C=O) groups is 1. The average Bonchev–Trinajstić information content (AvgIpc) is 3.01. The number of hydrogen-bond acceptors (Lipinski definition) is 3. The summed E-state index contributed by atoms with van der Waals surface area (Å²) in [5, 5.41) is 7.53. The second-order valence-electron chi connectivity index (χ2n) is 8.32. The molecule has 0 aliphatic carbocycles. The van der Waals surface area contributed by atoms with Crippen molar-refractivity contribution in [2.24, 2.45) is 0 Å². The molecule has 1 amide bonds. The molecule has 1 aliphatic heterocycles. The highest BCUT2D eigenvalue weighted by molar-refractivity contribution is 5.79. The molecule has 1 aromatic heterocycles. The summed E-state index contributed by atoms with van der Waals surface area (Å²) in [4.78, 5) is 15.1.